The highest BCUT2D eigenvalue weighted by atomic mass is 35.5. The molecule has 2 heterocycles. The number of nitrogens with zero attached hydrogens (tertiary/aromatic N) is 4. The first-order chi connectivity index (χ1) is 9.88. The highest BCUT2D eigenvalue weighted by molar-refractivity contribution is 6.29. The Morgan fingerprint density at radius 3 is 2.76 bits per heavy atom. The van der Waals surface area contributed by atoms with Crippen LogP contribution in [0.15, 0.2) is 12.3 Å². The number of hydrogen-bond donors (Lipinski definition) is 1. The molecule has 0 saturated heterocycles. The minimum absolute atomic E-state index is 0.0837. The van der Waals surface area contributed by atoms with Gasteiger partial charge in [-0.25, -0.2) is 19.3 Å². The summed E-state index contributed by atoms with van der Waals surface area (Å²) in [6, 6.07) is 1.20. The van der Waals surface area contributed by atoms with Crippen LogP contribution in [-0.4, -0.2) is 19.9 Å². The molecule has 0 aliphatic heterocycles. The van der Waals surface area contributed by atoms with Gasteiger partial charge in [-0.3, -0.25) is 10.1 Å². The molecule has 0 aliphatic carbocycles. The van der Waals surface area contributed by atoms with E-state index in [2.05, 4.69) is 20.3 Å². The molecule has 2 aromatic heterocycles. The van der Waals surface area contributed by atoms with Crippen LogP contribution in [0.2, 0.25) is 5.15 Å². The SMILES string of the molecule is Cc1nc(C)c([N+](=O)[O-])c(NCc2cnc(Cl)c(F)c2)n1. The average molecular weight is 312 g/mol. The molecule has 110 valence electrons. The lowest BCUT2D eigenvalue weighted by Gasteiger charge is -2.08. The molecule has 7 nitrogen and oxygen atoms in total. The molecule has 0 aliphatic rings. The minimum atomic E-state index is -0.652. The molecule has 21 heavy (non-hydrogen) atoms. The van der Waals surface area contributed by atoms with Crippen molar-refractivity contribution in [3.63, 3.8) is 0 Å². The van der Waals surface area contributed by atoms with E-state index in [0.717, 1.165) is 0 Å². The van der Waals surface area contributed by atoms with Gasteiger partial charge in [-0.2, -0.15) is 0 Å². The highest BCUT2D eigenvalue weighted by Gasteiger charge is 2.21. The van der Waals surface area contributed by atoms with Gasteiger partial charge in [-0.15, -0.1) is 0 Å². The molecule has 0 aromatic carbocycles. The maximum Gasteiger partial charge on any atom is 0.332 e. The van der Waals surface area contributed by atoms with Crippen molar-refractivity contribution < 1.29 is 9.31 Å². The summed E-state index contributed by atoms with van der Waals surface area (Å²) in [5.74, 6) is -0.165. The quantitative estimate of drug-likeness (QED) is 0.530. The molecule has 0 spiro atoms. The summed E-state index contributed by atoms with van der Waals surface area (Å²) >= 11 is 5.49. The van der Waals surface area contributed by atoms with Crippen LogP contribution in [0, 0.1) is 29.8 Å². The van der Waals surface area contributed by atoms with Crippen molar-refractivity contribution in [2.75, 3.05) is 5.32 Å². The normalized spacial score (nSPS) is 10.5. The summed E-state index contributed by atoms with van der Waals surface area (Å²) < 4.78 is 13.3. The van der Waals surface area contributed by atoms with Crippen molar-refractivity contribution >= 4 is 23.1 Å². The molecule has 0 bridgehead atoms. The number of rotatable bonds is 4. The number of pyridine rings is 1. The Labute approximate surface area is 124 Å². The van der Waals surface area contributed by atoms with E-state index in [-0.39, 0.29) is 28.9 Å². The molecule has 0 radical (unpaired) electrons. The standard InChI is InChI=1S/C12H11ClFN5O2/c1-6-10(19(20)21)12(18-7(2)17-6)16-5-8-3-9(14)11(13)15-4-8/h3-4H,5H2,1-2H3,(H,16,17,18). The largest absolute Gasteiger partial charge is 0.360 e. The number of halogens is 2. The summed E-state index contributed by atoms with van der Waals surface area (Å²) in [5, 5.41) is 13.6. The van der Waals surface area contributed by atoms with Gasteiger partial charge in [0.25, 0.3) is 0 Å². The highest BCUT2D eigenvalue weighted by Crippen LogP contribution is 2.25. The van der Waals surface area contributed by atoms with Crippen molar-refractivity contribution in [1.29, 1.82) is 0 Å². The number of aromatic nitrogens is 3. The third-order valence-corrected chi connectivity index (χ3v) is 2.94. The smallest absolute Gasteiger partial charge is 0.332 e. The van der Waals surface area contributed by atoms with Crippen molar-refractivity contribution in [2.24, 2.45) is 0 Å². The van der Waals surface area contributed by atoms with Gasteiger partial charge in [-0.1, -0.05) is 11.6 Å². The van der Waals surface area contributed by atoms with Crippen molar-refractivity contribution in [1.82, 2.24) is 15.0 Å². The van der Waals surface area contributed by atoms with E-state index < -0.39 is 10.7 Å². The van der Waals surface area contributed by atoms with E-state index >= 15 is 0 Å². The van der Waals surface area contributed by atoms with Gasteiger partial charge in [0, 0.05) is 12.7 Å². The molecular weight excluding hydrogens is 301 g/mol. The summed E-state index contributed by atoms with van der Waals surface area (Å²) in [5.41, 5.74) is 0.540. The second-order valence-electron chi connectivity index (χ2n) is 4.28. The Morgan fingerprint density at radius 1 is 1.43 bits per heavy atom. The summed E-state index contributed by atoms with van der Waals surface area (Å²) in [7, 11) is 0. The number of nitrogens with one attached hydrogen (secondary N) is 1. The zero-order valence-corrected chi connectivity index (χ0v) is 12.0. The van der Waals surface area contributed by atoms with Crippen LogP contribution < -0.4 is 5.32 Å². The zero-order chi connectivity index (χ0) is 15.6. The molecule has 1 N–H and O–H groups in total. The first-order valence-corrected chi connectivity index (χ1v) is 6.29. The topological polar surface area (TPSA) is 93.8 Å². The van der Waals surface area contributed by atoms with Crippen LogP contribution >= 0.6 is 11.6 Å². The fraction of sp³-hybridized carbons (Fsp3) is 0.250. The Kier molecular flexibility index (Phi) is 4.27. The molecule has 2 rings (SSSR count). The van der Waals surface area contributed by atoms with E-state index in [1.807, 2.05) is 0 Å². The average Bonchev–Trinajstić information content (AvgIpc) is 2.38. The molecule has 0 saturated carbocycles. The second kappa shape index (κ2) is 5.96. The third-order valence-electron chi connectivity index (χ3n) is 2.67. The Bertz CT molecular complexity index is 710. The predicted molar refractivity (Wildman–Crippen MR) is 74.7 cm³/mol. The van der Waals surface area contributed by atoms with Crippen LogP contribution in [0.1, 0.15) is 17.1 Å². The van der Waals surface area contributed by atoms with Crippen molar-refractivity contribution in [2.45, 2.75) is 20.4 Å². The number of hydrogen-bond acceptors (Lipinski definition) is 6. The van der Waals surface area contributed by atoms with Gasteiger partial charge in [0.05, 0.1) is 4.92 Å². The van der Waals surface area contributed by atoms with E-state index in [4.69, 9.17) is 11.6 Å². The van der Waals surface area contributed by atoms with Crippen LogP contribution in [0.5, 0.6) is 0 Å². The molecule has 2 aromatic rings. The van der Waals surface area contributed by atoms with Gasteiger partial charge in [0.2, 0.25) is 5.82 Å². The molecule has 0 amide bonds. The first-order valence-electron chi connectivity index (χ1n) is 5.92. The molecule has 0 atom stereocenters. The van der Waals surface area contributed by atoms with Gasteiger partial charge in [0.15, 0.2) is 11.0 Å². The first kappa shape index (κ1) is 15.0. The van der Waals surface area contributed by atoms with E-state index in [9.17, 15) is 14.5 Å². The predicted octanol–water partition coefficient (Wildman–Crippen LogP) is 2.80. The minimum Gasteiger partial charge on any atom is -0.360 e. The number of aryl methyl sites for hydroxylation is 2. The van der Waals surface area contributed by atoms with Gasteiger partial charge >= 0.3 is 5.69 Å². The van der Waals surface area contributed by atoms with Crippen LogP contribution in [0.25, 0.3) is 0 Å². The fourth-order valence-corrected chi connectivity index (χ4v) is 1.90. The summed E-state index contributed by atoms with van der Waals surface area (Å²) in [4.78, 5) is 22.1. The molecule has 9 heteroatoms. The Morgan fingerprint density at radius 2 is 2.14 bits per heavy atom. The Hall–Kier alpha value is -2.35. The maximum absolute atomic E-state index is 13.3. The van der Waals surface area contributed by atoms with Crippen LogP contribution in [0.3, 0.4) is 0 Å². The maximum atomic E-state index is 13.3. The van der Waals surface area contributed by atoms with E-state index in [1.54, 1.807) is 6.92 Å². The lowest BCUT2D eigenvalue weighted by molar-refractivity contribution is -0.385. The van der Waals surface area contributed by atoms with Crippen LogP contribution in [-0.2, 0) is 6.54 Å². The molecule has 0 unspecified atom stereocenters. The molecule has 0 fully saturated rings. The third kappa shape index (κ3) is 3.40. The second-order valence-corrected chi connectivity index (χ2v) is 4.64. The van der Waals surface area contributed by atoms with Gasteiger partial charge < -0.3 is 5.32 Å². The van der Waals surface area contributed by atoms with E-state index in [0.29, 0.717) is 11.4 Å². The van der Waals surface area contributed by atoms with Crippen LogP contribution in [0.4, 0.5) is 15.9 Å². The van der Waals surface area contributed by atoms with Gasteiger partial charge in [0.1, 0.15) is 11.5 Å². The monoisotopic (exact) mass is 311 g/mol. The lowest BCUT2D eigenvalue weighted by atomic mass is 10.2. The molecular formula is C12H11ClFN5O2. The fourth-order valence-electron chi connectivity index (χ4n) is 1.79. The zero-order valence-electron chi connectivity index (χ0n) is 11.2. The van der Waals surface area contributed by atoms with Crippen molar-refractivity contribution in [3.8, 4) is 0 Å². The number of anilines is 1. The van der Waals surface area contributed by atoms with Gasteiger partial charge in [-0.05, 0) is 25.5 Å². The van der Waals surface area contributed by atoms with E-state index in [1.165, 1.54) is 19.2 Å². The summed E-state index contributed by atoms with van der Waals surface area (Å²) in [6.07, 6.45) is 1.38. The number of nitro groups is 1. The lowest BCUT2D eigenvalue weighted by Crippen LogP contribution is -2.09. The Balaban J connectivity index is 2.27. The summed E-state index contributed by atoms with van der Waals surface area (Å²) in [6.45, 7) is 3.28. The van der Waals surface area contributed by atoms with Crippen molar-refractivity contribution in [3.05, 3.63) is 50.4 Å².